The number of nitrogens with zero attached hydrogens (tertiary/aromatic N) is 5. The monoisotopic (exact) mass is 676 g/mol. The third kappa shape index (κ3) is 8.54. The summed E-state index contributed by atoms with van der Waals surface area (Å²) in [6.45, 7) is 14.8. The highest BCUT2D eigenvalue weighted by Crippen LogP contribution is 2.30. The Morgan fingerprint density at radius 2 is 1.88 bits per heavy atom. The fourth-order valence-electron chi connectivity index (χ4n) is 5.92. The average Bonchev–Trinajstić information content (AvgIpc) is 3.61. The van der Waals surface area contributed by atoms with Gasteiger partial charge < -0.3 is 24.2 Å². The van der Waals surface area contributed by atoms with E-state index in [1.165, 1.54) is 4.90 Å². The van der Waals surface area contributed by atoms with E-state index in [0.717, 1.165) is 12.0 Å². The molecule has 0 radical (unpaired) electrons. The molecule has 3 aromatic rings. The van der Waals surface area contributed by atoms with Gasteiger partial charge in [0.25, 0.3) is 11.8 Å². The summed E-state index contributed by atoms with van der Waals surface area (Å²) in [6, 6.07) is 13.6. The number of nitrogens with one attached hydrogen (secondary N) is 1. The van der Waals surface area contributed by atoms with Gasteiger partial charge in [-0.15, -0.1) is 0 Å². The predicted molar refractivity (Wildman–Crippen MR) is 186 cm³/mol. The van der Waals surface area contributed by atoms with Gasteiger partial charge in [0.2, 0.25) is 5.95 Å². The molecule has 11 nitrogen and oxygen atoms in total. The number of amides is 3. The van der Waals surface area contributed by atoms with Gasteiger partial charge in [0.15, 0.2) is 0 Å². The molecule has 1 aromatic heterocycles. The normalized spacial score (nSPS) is 16.1. The zero-order chi connectivity index (χ0) is 35.4. The lowest BCUT2D eigenvalue weighted by atomic mass is 9.87. The number of ether oxygens (including phenoxy) is 1. The average molecular weight is 677 g/mol. The van der Waals surface area contributed by atoms with Gasteiger partial charge >= 0.3 is 6.09 Å². The van der Waals surface area contributed by atoms with E-state index in [4.69, 9.17) is 21.3 Å². The molecule has 2 aromatic carbocycles. The minimum atomic E-state index is -1.01. The molecule has 2 atom stereocenters. The van der Waals surface area contributed by atoms with E-state index in [1.54, 1.807) is 35.2 Å². The van der Waals surface area contributed by atoms with Crippen LogP contribution in [0, 0.1) is 16.7 Å². The Morgan fingerprint density at radius 1 is 1.19 bits per heavy atom. The van der Waals surface area contributed by atoms with Crippen LogP contribution in [0.2, 0.25) is 5.02 Å². The third-order valence-electron chi connectivity index (χ3n) is 8.85. The number of carbonyl (C=O) groups is 3. The highest BCUT2D eigenvalue weighted by Gasteiger charge is 2.34. The van der Waals surface area contributed by atoms with E-state index < -0.39 is 11.7 Å². The molecule has 1 saturated heterocycles. The van der Waals surface area contributed by atoms with Gasteiger partial charge in [0.1, 0.15) is 11.6 Å². The number of anilines is 1. The molecule has 2 N–H and O–H groups in total. The van der Waals surface area contributed by atoms with Crippen molar-refractivity contribution in [2.24, 2.45) is 5.41 Å². The Hall–Kier alpha value is -4.40. The summed E-state index contributed by atoms with van der Waals surface area (Å²) < 4.78 is 7.58. The number of benzene rings is 2. The van der Waals surface area contributed by atoms with E-state index in [2.05, 4.69) is 11.4 Å². The molecule has 0 aliphatic carbocycles. The zero-order valence-corrected chi connectivity index (χ0v) is 29.5. The van der Waals surface area contributed by atoms with Crippen LogP contribution in [0.5, 0.6) is 0 Å². The summed E-state index contributed by atoms with van der Waals surface area (Å²) >= 11 is 6.04. The summed E-state index contributed by atoms with van der Waals surface area (Å²) in [7, 11) is 0. The minimum Gasteiger partial charge on any atom is -0.465 e. The molecule has 3 amide bonds. The van der Waals surface area contributed by atoms with Gasteiger partial charge in [0.05, 0.1) is 22.7 Å². The van der Waals surface area contributed by atoms with Crippen molar-refractivity contribution in [1.29, 1.82) is 5.26 Å². The van der Waals surface area contributed by atoms with Gasteiger partial charge in [-0.3, -0.25) is 14.9 Å². The van der Waals surface area contributed by atoms with E-state index in [-0.39, 0.29) is 47.4 Å². The van der Waals surface area contributed by atoms with E-state index in [0.29, 0.717) is 47.7 Å². The molecule has 12 heteroatoms. The third-order valence-corrected chi connectivity index (χ3v) is 9.11. The van der Waals surface area contributed by atoms with Crippen LogP contribution in [-0.2, 0) is 22.6 Å². The number of rotatable bonds is 11. The van der Waals surface area contributed by atoms with Crippen molar-refractivity contribution >= 4 is 46.5 Å². The van der Waals surface area contributed by atoms with Gasteiger partial charge in [-0.2, -0.15) is 5.26 Å². The minimum absolute atomic E-state index is 0.0178. The first-order valence-electron chi connectivity index (χ1n) is 16.2. The topological polar surface area (TPSA) is 141 Å². The maximum Gasteiger partial charge on any atom is 0.407 e. The van der Waals surface area contributed by atoms with Crippen LogP contribution in [0.25, 0.3) is 11.0 Å². The van der Waals surface area contributed by atoms with E-state index in [1.807, 2.05) is 71.2 Å². The molecule has 0 spiro atoms. The fraction of sp³-hybridized carbons (Fsp3) is 0.472. The summed E-state index contributed by atoms with van der Waals surface area (Å²) in [5.74, 6) is -0.465. The Bertz CT molecular complexity index is 1730. The van der Waals surface area contributed by atoms with Crippen molar-refractivity contribution in [1.82, 2.24) is 19.4 Å². The number of likely N-dealkylation sites (tertiary alicyclic amines) is 1. The van der Waals surface area contributed by atoms with Crippen LogP contribution >= 0.6 is 11.6 Å². The van der Waals surface area contributed by atoms with Gasteiger partial charge in [0, 0.05) is 42.9 Å². The number of hydrogen-bond donors (Lipinski definition) is 2. The van der Waals surface area contributed by atoms with Gasteiger partial charge in [-0.05, 0) is 94.0 Å². The molecule has 4 rings (SSSR count). The maximum atomic E-state index is 13.7. The molecule has 1 fully saturated rings. The molecule has 1 aliphatic rings. The molecule has 48 heavy (non-hydrogen) atoms. The Kier molecular flexibility index (Phi) is 11.2. The maximum absolute atomic E-state index is 13.7. The SMILES string of the molecule is CCOC(C)(C)/C=C(\C#N)C(=O)N1CCCC1Cn1c(NC(=O)c2ccc(Cl)cc2)nc2cc(CN(C(=O)O)[C@@H](C)C(C)(C)C)ccc21. The van der Waals surface area contributed by atoms with E-state index >= 15 is 0 Å². The van der Waals surface area contributed by atoms with Crippen LogP contribution in [0.1, 0.15) is 77.2 Å². The highest BCUT2D eigenvalue weighted by atomic mass is 35.5. The number of halogens is 1. The van der Waals surface area contributed by atoms with Crippen molar-refractivity contribution in [3.05, 3.63) is 70.3 Å². The molecule has 0 bridgehead atoms. The smallest absolute Gasteiger partial charge is 0.407 e. The molecule has 0 saturated carbocycles. The first-order valence-corrected chi connectivity index (χ1v) is 16.6. The predicted octanol–water partition coefficient (Wildman–Crippen LogP) is 7.11. The van der Waals surface area contributed by atoms with Crippen molar-refractivity contribution in [3.63, 3.8) is 0 Å². The Balaban J connectivity index is 1.71. The molecule has 2 heterocycles. The number of nitriles is 1. The second kappa shape index (κ2) is 14.8. The zero-order valence-electron chi connectivity index (χ0n) is 28.7. The van der Waals surface area contributed by atoms with E-state index in [9.17, 15) is 24.8 Å². The molecule has 256 valence electrons. The summed E-state index contributed by atoms with van der Waals surface area (Å²) in [5.41, 5.74) is 1.38. The molecular weight excluding hydrogens is 632 g/mol. The highest BCUT2D eigenvalue weighted by molar-refractivity contribution is 6.30. The van der Waals surface area contributed by atoms with Crippen molar-refractivity contribution in [3.8, 4) is 6.07 Å². The number of aromatic nitrogens is 2. The number of carboxylic acid groups (broad SMARTS) is 1. The first-order chi connectivity index (χ1) is 22.5. The number of imidazole rings is 1. The number of carbonyl (C=O) groups excluding carboxylic acids is 2. The fourth-order valence-corrected chi connectivity index (χ4v) is 6.05. The number of hydrogen-bond acceptors (Lipinski definition) is 6. The van der Waals surface area contributed by atoms with Crippen LogP contribution < -0.4 is 5.32 Å². The van der Waals surface area contributed by atoms with Gasteiger partial charge in [-0.1, -0.05) is 38.4 Å². The van der Waals surface area contributed by atoms with Crippen LogP contribution in [0.15, 0.2) is 54.1 Å². The lowest BCUT2D eigenvalue weighted by Crippen LogP contribution is -2.44. The van der Waals surface area contributed by atoms with Crippen molar-refractivity contribution < 1.29 is 24.2 Å². The van der Waals surface area contributed by atoms with Gasteiger partial charge in [-0.25, -0.2) is 9.78 Å². The summed E-state index contributed by atoms with van der Waals surface area (Å²) in [4.78, 5) is 47.2. The summed E-state index contributed by atoms with van der Waals surface area (Å²) in [6.07, 6.45) is 2.01. The Labute approximate surface area is 287 Å². The molecule has 1 unspecified atom stereocenters. The standard InChI is InChI=1S/C36H45ClN6O5/c1-8-48-36(6,7)19-26(20-38)32(45)41-17-9-10-28(41)22-43-30-16-11-24(21-42(34(46)47)23(2)35(3,4)5)18-29(30)39-33(43)40-31(44)25-12-14-27(37)15-13-25/h11-16,18-19,23,28H,8-10,17,21-22H2,1-7H3,(H,46,47)(H,39,40,44)/b26-19+/t23-,28?/m0/s1. The second-order valence-electron chi connectivity index (χ2n) is 13.8. The Morgan fingerprint density at radius 3 is 2.48 bits per heavy atom. The van der Waals surface area contributed by atoms with Crippen LogP contribution in [-0.4, -0.2) is 73.2 Å². The van der Waals surface area contributed by atoms with Crippen molar-refractivity contribution in [2.45, 2.75) is 92.1 Å². The molecule has 1 aliphatic heterocycles. The quantitative estimate of drug-likeness (QED) is 0.163. The lowest BCUT2D eigenvalue weighted by Gasteiger charge is -2.36. The largest absolute Gasteiger partial charge is 0.465 e. The molecular formula is C36H45ClN6O5. The number of fused-ring (bicyclic) bond motifs is 1. The lowest BCUT2D eigenvalue weighted by molar-refractivity contribution is -0.127. The van der Waals surface area contributed by atoms with Crippen LogP contribution in [0.3, 0.4) is 0 Å². The van der Waals surface area contributed by atoms with Crippen LogP contribution in [0.4, 0.5) is 10.7 Å². The van der Waals surface area contributed by atoms with Crippen molar-refractivity contribution in [2.75, 3.05) is 18.5 Å². The first kappa shape index (κ1) is 36.4. The second-order valence-corrected chi connectivity index (χ2v) is 14.2. The summed E-state index contributed by atoms with van der Waals surface area (Å²) in [5, 5.41) is 23.4.